The zero-order chi connectivity index (χ0) is 23.6. The number of ether oxygens (including phenoxy) is 2. The zero-order valence-corrected chi connectivity index (χ0v) is 17.3. The average molecular weight is 469 g/mol. The lowest BCUT2D eigenvalue weighted by molar-refractivity contribution is -0.156. The molecule has 2 aliphatic rings. The molecule has 2 fully saturated rings. The topological polar surface area (TPSA) is 59.0 Å². The molecule has 180 valence electrons. The first kappa shape index (κ1) is 24.6. The summed E-state index contributed by atoms with van der Waals surface area (Å²) in [4.78, 5) is 14.7. The molecular weight excluding hydrogens is 444 g/mol. The highest BCUT2D eigenvalue weighted by atomic mass is 19.4. The molecule has 0 atom stereocenters. The second-order valence-corrected chi connectivity index (χ2v) is 8.53. The van der Waals surface area contributed by atoms with Gasteiger partial charge >= 0.3 is 12.4 Å². The third kappa shape index (κ3) is 6.28. The van der Waals surface area contributed by atoms with E-state index in [-0.39, 0.29) is 31.1 Å². The third-order valence-corrected chi connectivity index (χ3v) is 6.10. The minimum atomic E-state index is -4.44. The Bertz CT molecular complexity index is 785. The molecule has 0 bridgehead atoms. The molecule has 1 aliphatic carbocycles. The van der Waals surface area contributed by atoms with Gasteiger partial charge in [-0.25, -0.2) is 0 Å². The van der Waals surface area contributed by atoms with Gasteiger partial charge in [-0.2, -0.15) is 26.3 Å². The van der Waals surface area contributed by atoms with Crippen molar-refractivity contribution < 1.29 is 45.7 Å². The molecule has 1 saturated heterocycles. The van der Waals surface area contributed by atoms with Crippen LogP contribution in [0.1, 0.15) is 38.5 Å². The lowest BCUT2D eigenvalue weighted by Crippen LogP contribution is -2.45. The summed E-state index contributed by atoms with van der Waals surface area (Å²) in [5.74, 6) is -0.0813. The normalized spacial score (nSPS) is 26.7. The molecule has 0 radical (unpaired) electrons. The van der Waals surface area contributed by atoms with Crippen LogP contribution >= 0.6 is 0 Å². The number of halogens is 6. The number of benzene rings is 1. The van der Waals surface area contributed by atoms with Gasteiger partial charge in [-0.1, -0.05) is 0 Å². The zero-order valence-electron chi connectivity index (χ0n) is 17.3. The van der Waals surface area contributed by atoms with Crippen LogP contribution in [-0.4, -0.2) is 55.3 Å². The highest BCUT2D eigenvalue weighted by molar-refractivity contribution is 6.00. The molecule has 11 heteroatoms. The molecular formula is C21H25F6NO4. The van der Waals surface area contributed by atoms with Crippen molar-refractivity contribution in [3.05, 3.63) is 24.3 Å². The highest BCUT2D eigenvalue weighted by Crippen LogP contribution is 2.48. The maximum absolute atomic E-state index is 13.1. The number of amides is 1. The Morgan fingerprint density at radius 1 is 0.938 bits per heavy atom. The van der Waals surface area contributed by atoms with Gasteiger partial charge in [0.1, 0.15) is 5.75 Å². The summed E-state index contributed by atoms with van der Waals surface area (Å²) in [5, 5.41) is 10.6. The predicted octanol–water partition coefficient (Wildman–Crippen LogP) is 4.62. The summed E-state index contributed by atoms with van der Waals surface area (Å²) in [7, 11) is 0. The van der Waals surface area contributed by atoms with E-state index in [1.165, 1.54) is 24.3 Å². The van der Waals surface area contributed by atoms with Crippen LogP contribution in [0.25, 0.3) is 0 Å². The van der Waals surface area contributed by atoms with Gasteiger partial charge in [-0.05, 0) is 56.4 Å². The van der Waals surface area contributed by atoms with Crippen molar-refractivity contribution in [2.75, 3.05) is 31.3 Å². The summed E-state index contributed by atoms with van der Waals surface area (Å²) in [5.41, 5.74) is -1.38. The highest BCUT2D eigenvalue weighted by Gasteiger charge is 2.51. The summed E-state index contributed by atoms with van der Waals surface area (Å²) in [6.07, 6.45) is -8.04. The van der Waals surface area contributed by atoms with Crippen molar-refractivity contribution in [3.8, 4) is 5.75 Å². The number of hydrogen-bond donors (Lipinski definition) is 1. The van der Waals surface area contributed by atoms with Gasteiger partial charge in [0.15, 0.2) is 6.61 Å². The van der Waals surface area contributed by atoms with Gasteiger partial charge in [-0.15, -0.1) is 0 Å². The number of carbonyl (C=O) groups is 1. The molecule has 0 aromatic heterocycles. The standard InChI is InChI=1S/C21H25F6NO4/c22-20(23,24)10-12-31-13-19(30)7-5-18(6-8-19)9-11-28(17(18)29)15-1-3-16(4-2-15)32-14-21(25,26)27/h1-4,30H,5-14H2. The van der Waals surface area contributed by atoms with E-state index < -0.39 is 43.0 Å². The molecule has 1 aromatic carbocycles. The number of carbonyl (C=O) groups excluding carboxylic acids is 1. The van der Waals surface area contributed by atoms with E-state index in [2.05, 4.69) is 4.74 Å². The van der Waals surface area contributed by atoms with Crippen LogP contribution in [0.4, 0.5) is 32.0 Å². The van der Waals surface area contributed by atoms with Crippen LogP contribution in [0, 0.1) is 5.41 Å². The number of anilines is 1. The molecule has 32 heavy (non-hydrogen) atoms. The Hall–Kier alpha value is -2.01. The second kappa shape index (κ2) is 9.09. The predicted molar refractivity (Wildman–Crippen MR) is 102 cm³/mol. The smallest absolute Gasteiger partial charge is 0.422 e. The first-order chi connectivity index (χ1) is 14.8. The molecule has 3 rings (SSSR count). The fraction of sp³-hybridized carbons (Fsp3) is 0.667. The van der Waals surface area contributed by atoms with Gasteiger partial charge in [0.2, 0.25) is 5.91 Å². The first-order valence-corrected chi connectivity index (χ1v) is 10.3. The quantitative estimate of drug-likeness (QED) is 0.468. The van der Waals surface area contributed by atoms with Gasteiger partial charge in [0.05, 0.1) is 30.7 Å². The molecule has 1 N–H and O–H groups in total. The van der Waals surface area contributed by atoms with Crippen molar-refractivity contribution in [1.82, 2.24) is 0 Å². The van der Waals surface area contributed by atoms with Gasteiger partial charge in [-0.3, -0.25) is 4.79 Å². The maximum Gasteiger partial charge on any atom is 0.422 e. The van der Waals surface area contributed by atoms with Crippen molar-refractivity contribution in [3.63, 3.8) is 0 Å². The third-order valence-electron chi connectivity index (χ3n) is 6.10. The summed E-state index contributed by atoms with van der Waals surface area (Å²) in [6, 6.07) is 5.79. The molecule has 1 aromatic rings. The van der Waals surface area contributed by atoms with Gasteiger partial charge in [0.25, 0.3) is 0 Å². The SMILES string of the molecule is O=C1N(c2ccc(OCC(F)(F)F)cc2)CCC12CCC(O)(COCCC(F)(F)F)CC2. The minimum Gasteiger partial charge on any atom is -0.484 e. The lowest BCUT2D eigenvalue weighted by atomic mass is 9.68. The van der Waals surface area contributed by atoms with E-state index in [0.717, 1.165) is 0 Å². The average Bonchev–Trinajstić information content (AvgIpc) is 3.02. The summed E-state index contributed by atoms with van der Waals surface area (Å²) < 4.78 is 83.1. The van der Waals surface area contributed by atoms with Crippen molar-refractivity contribution in [2.24, 2.45) is 5.41 Å². The van der Waals surface area contributed by atoms with Crippen LogP contribution in [0.15, 0.2) is 24.3 Å². The number of nitrogens with zero attached hydrogens (tertiary/aromatic N) is 1. The first-order valence-electron chi connectivity index (χ1n) is 10.3. The Labute approximate surface area is 181 Å². The van der Waals surface area contributed by atoms with E-state index in [4.69, 9.17) is 4.74 Å². The fourth-order valence-corrected chi connectivity index (χ4v) is 4.21. The molecule has 1 amide bonds. The fourth-order valence-electron chi connectivity index (χ4n) is 4.21. The summed E-state index contributed by atoms with van der Waals surface area (Å²) >= 11 is 0. The van der Waals surface area contributed by atoms with Crippen LogP contribution in [0.3, 0.4) is 0 Å². The number of rotatable bonds is 7. The molecule has 1 saturated carbocycles. The molecule has 1 aliphatic heterocycles. The van der Waals surface area contributed by atoms with Crippen molar-refractivity contribution >= 4 is 11.6 Å². The Kier molecular flexibility index (Phi) is 6.99. The lowest BCUT2D eigenvalue weighted by Gasteiger charge is -2.40. The van der Waals surface area contributed by atoms with Crippen molar-refractivity contribution in [2.45, 2.75) is 56.5 Å². The van der Waals surface area contributed by atoms with Crippen LogP contribution in [0.2, 0.25) is 0 Å². The minimum absolute atomic E-state index is 0.0423. The molecule has 0 unspecified atom stereocenters. The number of alkyl halides is 6. The summed E-state index contributed by atoms with van der Waals surface area (Å²) in [6.45, 7) is -1.70. The van der Waals surface area contributed by atoms with Gasteiger partial charge in [0, 0.05) is 12.2 Å². The monoisotopic (exact) mass is 469 g/mol. The Morgan fingerprint density at radius 2 is 1.56 bits per heavy atom. The Balaban J connectivity index is 1.53. The molecule has 1 spiro atoms. The molecule has 1 heterocycles. The van der Waals surface area contributed by atoms with Crippen LogP contribution in [0.5, 0.6) is 5.75 Å². The largest absolute Gasteiger partial charge is 0.484 e. The van der Waals surface area contributed by atoms with Gasteiger partial charge < -0.3 is 19.5 Å². The van der Waals surface area contributed by atoms with Crippen molar-refractivity contribution in [1.29, 1.82) is 0 Å². The van der Waals surface area contributed by atoms with E-state index in [0.29, 0.717) is 31.5 Å². The van der Waals surface area contributed by atoms with Crippen LogP contribution < -0.4 is 9.64 Å². The van der Waals surface area contributed by atoms with E-state index in [1.807, 2.05) is 0 Å². The second-order valence-electron chi connectivity index (χ2n) is 8.53. The van der Waals surface area contributed by atoms with E-state index in [9.17, 15) is 36.2 Å². The van der Waals surface area contributed by atoms with E-state index >= 15 is 0 Å². The van der Waals surface area contributed by atoms with Crippen LogP contribution in [-0.2, 0) is 9.53 Å². The van der Waals surface area contributed by atoms with E-state index in [1.54, 1.807) is 4.90 Å². The molecule has 5 nitrogen and oxygen atoms in total. The Morgan fingerprint density at radius 3 is 2.12 bits per heavy atom. The number of aliphatic hydroxyl groups is 1. The number of hydrogen-bond acceptors (Lipinski definition) is 4. The maximum atomic E-state index is 13.1.